The molecular formula is C15H22N2O2. The van der Waals surface area contributed by atoms with Crippen molar-refractivity contribution in [1.29, 1.82) is 0 Å². The van der Waals surface area contributed by atoms with Crippen molar-refractivity contribution in [2.24, 2.45) is 0 Å². The molecule has 4 heteroatoms. The highest BCUT2D eigenvalue weighted by molar-refractivity contribution is 5.94. The van der Waals surface area contributed by atoms with Crippen LogP contribution >= 0.6 is 0 Å². The monoisotopic (exact) mass is 262 g/mol. The number of nitrogens with zero attached hydrogens (tertiary/aromatic N) is 1. The predicted octanol–water partition coefficient (Wildman–Crippen LogP) is 2.11. The Balaban J connectivity index is 2.11. The van der Waals surface area contributed by atoms with Crippen LogP contribution in [0.15, 0.2) is 24.3 Å². The third-order valence-corrected chi connectivity index (χ3v) is 3.77. The van der Waals surface area contributed by atoms with E-state index in [4.69, 9.17) is 5.11 Å². The number of piperidine rings is 1. The van der Waals surface area contributed by atoms with E-state index in [-0.39, 0.29) is 18.6 Å². The van der Waals surface area contributed by atoms with E-state index in [9.17, 15) is 4.79 Å². The zero-order valence-electron chi connectivity index (χ0n) is 11.4. The number of nitrogens with one attached hydrogen (secondary N) is 1. The normalized spacial score (nSPS) is 19.3. The molecule has 1 atom stereocenters. The lowest BCUT2D eigenvalue weighted by Gasteiger charge is -2.35. The van der Waals surface area contributed by atoms with Crippen LogP contribution in [0.2, 0.25) is 0 Å². The number of amides is 1. The summed E-state index contributed by atoms with van der Waals surface area (Å²) in [4.78, 5) is 14.4. The number of hydrogen-bond acceptors (Lipinski definition) is 3. The third kappa shape index (κ3) is 3.26. The van der Waals surface area contributed by atoms with Crippen LogP contribution in [0.3, 0.4) is 0 Å². The van der Waals surface area contributed by atoms with Crippen LogP contribution in [0.1, 0.15) is 36.0 Å². The van der Waals surface area contributed by atoms with Crippen molar-refractivity contribution in [2.75, 3.05) is 25.5 Å². The minimum atomic E-state index is 0.0841. The first-order valence-corrected chi connectivity index (χ1v) is 6.96. The summed E-state index contributed by atoms with van der Waals surface area (Å²) in [5, 5.41) is 12.2. The maximum atomic E-state index is 12.5. The first kappa shape index (κ1) is 13.9. The lowest BCUT2D eigenvalue weighted by molar-refractivity contribution is 0.0574. The van der Waals surface area contributed by atoms with Gasteiger partial charge in [0.2, 0.25) is 0 Å². The topological polar surface area (TPSA) is 52.6 Å². The van der Waals surface area contributed by atoms with Crippen LogP contribution in [0.25, 0.3) is 0 Å². The van der Waals surface area contributed by atoms with E-state index in [2.05, 4.69) is 5.32 Å². The molecule has 1 aromatic carbocycles. The largest absolute Gasteiger partial charge is 0.396 e. The molecule has 0 saturated carbocycles. The SMILES string of the molecule is CNc1ccc(C(=O)N2CCCCC2CCO)cc1. The molecule has 104 valence electrons. The molecule has 2 N–H and O–H groups in total. The van der Waals surface area contributed by atoms with E-state index in [0.717, 1.165) is 37.1 Å². The number of hydrogen-bond donors (Lipinski definition) is 2. The number of carbonyl (C=O) groups is 1. The number of rotatable bonds is 4. The lowest BCUT2D eigenvalue weighted by Crippen LogP contribution is -2.44. The van der Waals surface area contributed by atoms with Gasteiger partial charge < -0.3 is 15.3 Å². The van der Waals surface area contributed by atoms with Crippen LogP contribution in [0.4, 0.5) is 5.69 Å². The van der Waals surface area contributed by atoms with Gasteiger partial charge >= 0.3 is 0 Å². The molecule has 1 amide bonds. The van der Waals surface area contributed by atoms with Gasteiger partial charge in [-0.2, -0.15) is 0 Å². The number of aliphatic hydroxyl groups excluding tert-OH is 1. The van der Waals surface area contributed by atoms with Crippen LogP contribution in [0, 0.1) is 0 Å². The number of aliphatic hydroxyl groups is 1. The number of carbonyl (C=O) groups excluding carboxylic acids is 1. The first-order valence-electron chi connectivity index (χ1n) is 6.96. The average Bonchev–Trinajstić information content (AvgIpc) is 2.47. The average molecular weight is 262 g/mol. The molecule has 1 aliphatic heterocycles. The van der Waals surface area contributed by atoms with Crippen molar-refractivity contribution < 1.29 is 9.90 Å². The Bertz CT molecular complexity index is 415. The maximum absolute atomic E-state index is 12.5. The maximum Gasteiger partial charge on any atom is 0.254 e. The zero-order valence-corrected chi connectivity index (χ0v) is 11.4. The zero-order chi connectivity index (χ0) is 13.7. The Morgan fingerprint density at radius 3 is 2.74 bits per heavy atom. The Morgan fingerprint density at radius 2 is 2.11 bits per heavy atom. The molecule has 1 fully saturated rings. The standard InChI is InChI=1S/C15H22N2O2/c1-16-13-7-5-12(6-8-13)15(19)17-10-3-2-4-14(17)9-11-18/h5-8,14,16,18H,2-4,9-11H2,1H3. The molecule has 19 heavy (non-hydrogen) atoms. The molecule has 0 bridgehead atoms. The second-order valence-corrected chi connectivity index (χ2v) is 4.99. The second-order valence-electron chi connectivity index (χ2n) is 4.99. The molecule has 1 aromatic rings. The highest BCUT2D eigenvalue weighted by Gasteiger charge is 2.26. The van der Waals surface area contributed by atoms with Crippen LogP contribution < -0.4 is 5.32 Å². The Labute approximate surface area is 114 Å². The summed E-state index contributed by atoms with van der Waals surface area (Å²) in [5.74, 6) is 0.0841. The smallest absolute Gasteiger partial charge is 0.254 e. The predicted molar refractivity (Wildman–Crippen MR) is 76.4 cm³/mol. The molecule has 0 aliphatic carbocycles. The Kier molecular flexibility index (Phi) is 4.80. The minimum absolute atomic E-state index is 0.0841. The van der Waals surface area contributed by atoms with Gasteiger partial charge in [0.25, 0.3) is 5.91 Å². The molecule has 0 aromatic heterocycles. The summed E-state index contributed by atoms with van der Waals surface area (Å²) in [6, 6.07) is 7.74. The van der Waals surface area contributed by atoms with Crippen LogP contribution in [0.5, 0.6) is 0 Å². The molecular weight excluding hydrogens is 240 g/mol. The summed E-state index contributed by atoms with van der Waals surface area (Å²) in [7, 11) is 1.86. The summed E-state index contributed by atoms with van der Waals surface area (Å²) in [6.45, 7) is 0.949. The highest BCUT2D eigenvalue weighted by atomic mass is 16.3. The quantitative estimate of drug-likeness (QED) is 0.873. The Hall–Kier alpha value is -1.55. The molecule has 1 unspecified atom stereocenters. The van der Waals surface area contributed by atoms with Crippen molar-refractivity contribution in [1.82, 2.24) is 4.90 Å². The number of likely N-dealkylation sites (tertiary alicyclic amines) is 1. The number of anilines is 1. The van der Waals surface area contributed by atoms with Crippen molar-refractivity contribution in [3.8, 4) is 0 Å². The lowest BCUT2D eigenvalue weighted by atomic mass is 9.98. The summed E-state index contributed by atoms with van der Waals surface area (Å²) in [6.07, 6.45) is 3.89. The summed E-state index contributed by atoms with van der Waals surface area (Å²) < 4.78 is 0. The molecule has 0 radical (unpaired) electrons. The van der Waals surface area contributed by atoms with Crippen LogP contribution in [-0.2, 0) is 0 Å². The van der Waals surface area contributed by atoms with Crippen molar-refractivity contribution in [3.63, 3.8) is 0 Å². The highest BCUT2D eigenvalue weighted by Crippen LogP contribution is 2.22. The van der Waals surface area contributed by atoms with Crippen molar-refractivity contribution in [3.05, 3.63) is 29.8 Å². The molecule has 4 nitrogen and oxygen atoms in total. The van der Waals surface area contributed by atoms with Gasteiger partial charge in [0.15, 0.2) is 0 Å². The fourth-order valence-electron chi connectivity index (χ4n) is 2.66. The second kappa shape index (κ2) is 6.57. The molecule has 1 heterocycles. The molecule has 1 saturated heterocycles. The van der Waals surface area contributed by atoms with Gasteiger partial charge in [-0.1, -0.05) is 0 Å². The van der Waals surface area contributed by atoms with E-state index in [1.807, 2.05) is 36.2 Å². The van der Waals surface area contributed by atoms with Crippen molar-refractivity contribution in [2.45, 2.75) is 31.7 Å². The Morgan fingerprint density at radius 1 is 1.37 bits per heavy atom. The van der Waals surface area contributed by atoms with Gasteiger partial charge in [-0.05, 0) is 49.9 Å². The number of benzene rings is 1. The van der Waals surface area contributed by atoms with Crippen LogP contribution in [-0.4, -0.2) is 42.2 Å². The fraction of sp³-hybridized carbons (Fsp3) is 0.533. The third-order valence-electron chi connectivity index (χ3n) is 3.77. The van der Waals surface area contributed by atoms with Crippen molar-refractivity contribution >= 4 is 11.6 Å². The fourth-order valence-corrected chi connectivity index (χ4v) is 2.66. The van der Waals surface area contributed by atoms with E-state index in [1.165, 1.54) is 0 Å². The molecule has 0 spiro atoms. The minimum Gasteiger partial charge on any atom is -0.396 e. The van der Waals surface area contributed by atoms with Gasteiger partial charge in [0, 0.05) is 37.5 Å². The van der Waals surface area contributed by atoms with Gasteiger partial charge in [-0.25, -0.2) is 0 Å². The van der Waals surface area contributed by atoms with E-state index in [0.29, 0.717) is 6.42 Å². The molecule has 1 aliphatic rings. The van der Waals surface area contributed by atoms with Gasteiger partial charge in [-0.3, -0.25) is 4.79 Å². The van der Waals surface area contributed by atoms with Gasteiger partial charge in [0.05, 0.1) is 0 Å². The van der Waals surface area contributed by atoms with Gasteiger partial charge in [-0.15, -0.1) is 0 Å². The van der Waals surface area contributed by atoms with E-state index >= 15 is 0 Å². The summed E-state index contributed by atoms with van der Waals surface area (Å²) >= 11 is 0. The first-order chi connectivity index (χ1) is 9.26. The summed E-state index contributed by atoms with van der Waals surface area (Å²) in [5.41, 5.74) is 1.73. The van der Waals surface area contributed by atoms with Gasteiger partial charge in [0.1, 0.15) is 0 Å². The van der Waals surface area contributed by atoms with E-state index in [1.54, 1.807) is 0 Å². The molecule has 2 rings (SSSR count). The van der Waals surface area contributed by atoms with E-state index < -0.39 is 0 Å².